The highest BCUT2D eigenvalue weighted by Crippen LogP contribution is 2.38. The van der Waals surface area contributed by atoms with Crippen molar-refractivity contribution in [1.82, 2.24) is 0 Å². The minimum absolute atomic E-state index is 0.00909. The van der Waals surface area contributed by atoms with E-state index in [9.17, 15) is 14.3 Å². The molecular weight excluding hydrogens is 709 g/mol. The number of nitrogens with zero attached hydrogens (tertiary/aromatic N) is 1. The minimum atomic E-state index is -4.55. The lowest BCUT2D eigenvalue weighted by Crippen LogP contribution is -2.37. The number of phosphoric ester groups is 1. The average Bonchev–Trinajstić information content (AvgIpc) is 3.13. The lowest BCUT2D eigenvalue weighted by Gasteiger charge is -2.28. The third-order valence-electron chi connectivity index (χ3n) is 8.43. The van der Waals surface area contributed by atoms with Crippen molar-refractivity contribution in [1.29, 1.82) is 0 Å². The summed E-state index contributed by atoms with van der Waals surface area (Å²) in [5.74, 6) is -0.368. The number of hydrogen-bond acceptors (Lipinski definition) is 7. The number of hydrogen-bond donors (Lipinski definition) is 0. The Morgan fingerprint density at radius 1 is 0.582 bits per heavy atom. The fourth-order valence-corrected chi connectivity index (χ4v) is 5.87. The van der Waals surface area contributed by atoms with Gasteiger partial charge in [0, 0.05) is 13.0 Å². The number of likely N-dealkylation sites (N-methyl/N-ethyl adjacent to an activating group) is 1. The van der Waals surface area contributed by atoms with Gasteiger partial charge in [-0.2, -0.15) is 0 Å². The van der Waals surface area contributed by atoms with Gasteiger partial charge in [-0.25, -0.2) is 0 Å². The van der Waals surface area contributed by atoms with Gasteiger partial charge in [-0.05, 0) is 83.5 Å². The molecule has 0 aromatic rings. The van der Waals surface area contributed by atoms with Crippen LogP contribution in [0.4, 0.5) is 0 Å². The Bertz CT molecular complexity index is 1150. The number of ether oxygens (including phenoxy) is 2. The Hall–Kier alpha value is -2.32. The number of quaternary nitrogens is 1. The van der Waals surface area contributed by atoms with Crippen molar-refractivity contribution >= 4 is 13.8 Å². The van der Waals surface area contributed by atoms with E-state index in [0.29, 0.717) is 17.6 Å². The maximum Gasteiger partial charge on any atom is 0.306 e. The first kappa shape index (κ1) is 52.7. The molecule has 0 aliphatic carbocycles. The highest BCUT2D eigenvalue weighted by atomic mass is 31.2. The Balaban J connectivity index is 4.39. The van der Waals surface area contributed by atoms with Gasteiger partial charge in [-0.3, -0.25) is 9.36 Å². The molecule has 8 nitrogen and oxygen atoms in total. The molecule has 0 amide bonds. The van der Waals surface area contributed by atoms with Gasteiger partial charge in [0.1, 0.15) is 19.3 Å². The summed E-state index contributed by atoms with van der Waals surface area (Å²) in [4.78, 5) is 25.0. The zero-order valence-corrected chi connectivity index (χ0v) is 36.5. The fourth-order valence-electron chi connectivity index (χ4n) is 5.14. The topological polar surface area (TPSA) is 94.1 Å². The van der Waals surface area contributed by atoms with Crippen molar-refractivity contribution in [2.75, 3.05) is 54.1 Å². The van der Waals surface area contributed by atoms with E-state index in [-0.39, 0.29) is 32.2 Å². The van der Waals surface area contributed by atoms with E-state index in [1.165, 1.54) is 38.5 Å². The molecule has 0 fully saturated rings. The van der Waals surface area contributed by atoms with Crippen LogP contribution in [0.5, 0.6) is 0 Å². The summed E-state index contributed by atoms with van der Waals surface area (Å²) in [6.07, 6.45) is 50.4. The summed E-state index contributed by atoms with van der Waals surface area (Å²) in [7, 11) is 1.30. The highest BCUT2D eigenvalue weighted by molar-refractivity contribution is 7.45. The standard InChI is InChI=1S/C46H80NO7P/c1-6-8-10-12-14-16-18-20-21-22-23-24-25-26-28-30-32-34-36-38-41-51-43-45(44-53-55(49,50)52-42-40-47(3,4)5)54-46(48)39-37-35-33-31-29-27-19-17-15-13-11-9-7-2/h8,10,14,16-17,19-21,23-24,26,28,32,34,45H,6-7,9,11-13,15,18,22,25,27,29-31,33,35-44H2,1-5H3/b10-8-,16-14-,19-17-,21-20-,24-23-,28-26-,34-32-. The molecule has 0 aromatic heterocycles. The third-order valence-corrected chi connectivity index (χ3v) is 9.39. The van der Waals surface area contributed by atoms with Crippen LogP contribution in [0.15, 0.2) is 85.1 Å². The predicted molar refractivity (Wildman–Crippen MR) is 231 cm³/mol. The molecule has 0 aliphatic rings. The number of unbranched alkanes of at least 4 members (excludes halogenated alkanes) is 10. The van der Waals surface area contributed by atoms with E-state index < -0.39 is 13.9 Å². The Morgan fingerprint density at radius 2 is 1.05 bits per heavy atom. The van der Waals surface area contributed by atoms with E-state index in [4.69, 9.17) is 18.5 Å². The summed E-state index contributed by atoms with van der Waals surface area (Å²) < 4.78 is 34.4. The van der Waals surface area contributed by atoms with Crippen molar-refractivity contribution in [2.24, 2.45) is 0 Å². The van der Waals surface area contributed by atoms with Gasteiger partial charge >= 0.3 is 5.97 Å². The van der Waals surface area contributed by atoms with Crippen LogP contribution in [0.3, 0.4) is 0 Å². The summed E-state index contributed by atoms with van der Waals surface area (Å²) in [6.45, 7) is 5.08. The van der Waals surface area contributed by atoms with Crippen LogP contribution in [0.2, 0.25) is 0 Å². The molecule has 0 spiro atoms. The number of esters is 1. The van der Waals surface area contributed by atoms with Crippen LogP contribution in [0.25, 0.3) is 0 Å². The van der Waals surface area contributed by atoms with Crippen LogP contribution < -0.4 is 4.89 Å². The van der Waals surface area contributed by atoms with Crippen LogP contribution >= 0.6 is 7.82 Å². The summed E-state index contributed by atoms with van der Waals surface area (Å²) in [6, 6.07) is 0. The molecule has 0 aliphatic heterocycles. The normalized spacial score (nSPS) is 14.7. The first-order valence-electron chi connectivity index (χ1n) is 21.3. The first-order chi connectivity index (χ1) is 26.6. The van der Waals surface area contributed by atoms with E-state index in [1.54, 1.807) is 0 Å². The molecule has 316 valence electrons. The summed E-state index contributed by atoms with van der Waals surface area (Å²) >= 11 is 0. The number of carbonyl (C=O) groups is 1. The van der Waals surface area contributed by atoms with Gasteiger partial charge in [0.15, 0.2) is 0 Å². The molecule has 2 unspecified atom stereocenters. The Kier molecular flexibility index (Phi) is 36.9. The minimum Gasteiger partial charge on any atom is -0.756 e. The molecule has 2 atom stereocenters. The second-order valence-corrected chi connectivity index (χ2v) is 16.4. The van der Waals surface area contributed by atoms with Crippen molar-refractivity contribution in [3.8, 4) is 0 Å². The zero-order chi connectivity index (χ0) is 40.6. The SMILES string of the molecule is CC/C=C\C/C=C\C/C=C\C/C=C\C/C=C\C/C=C\CCCOCC(COP(=O)([O-])OCC[N+](C)(C)C)OC(=O)CCCCCCC/C=C\CCCCCC. The van der Waals surface area contributed by atoms with Crippen molar-refractivity contribution in [3.05, 3.63) is 85.1 Å². The van der Waals surface area contributed by atoms with Crippen molar-refractivity contribution < 1.29 is 37.3 Å². The lowest BCUT2D eigenvalue weighted by molar-refractivity contribution is -0.870. The molecule has 0 rings (SSSR count). The number of carbonyl (C=O) groups excluding carboxylic acids is 1. The van der Waals surface area contributed by atoms with Crippen LogP contribution in [-0.4, -0.2) is 70.7 Å². The molecule has 9 heteroatoms. The van der Waals surface area contributed by atoms with Crippen molar-refractivity contribution in [2.45, 2.75) is 148 Å². The molecule has 0 bridgehead atoms. The number of rotatable bonds is 38. The molecule has 0 saturated carbocycles. The summed E-state index contributed by atoms with van der Waals surface area (Å²) in [5.41, 5.74) is 0. The van der Waals surface area contributed by atoms with Crippen LogP contribution in [0.1, 0.15) is 142 Å². The average molecular weight is 790 g/mol. The van der Waals surface area contributed by atoms with E-state index in [2.05, 4.69) is 98.9 Å². The van der Waals surface area contributed by atoms with E-state index in [1.807, 2.05) is 21.1 Å². The monoisotopic (exact) mass is 790 g/mol. The van der Waals surface area contributed by atoms with E-state index in [0.717, 1.165) is 83.5 Å². The summed E-state index contributed by atoms with van der Waals surface area (Å²) in [5, 5.41) is 0. The van der Waals surface area contributed by atoms with Gasteiger partial charge < -0.3 is 27.9 Å². The van der Waals surface area contributed by atoms with Gasteiger partial charge in [0.2, 0.25) is 0 Å². The molecule has 0 radical (unpaired) electrons. The smallest absolute Gasteiger partial charge is 0.306 e. The first-order valence-corrected chi connectivity index (χ1v) is 22.8. The second-order valence-electron chi connectivity index (χ2n) is 15.0. The molecule has 0 saturated heterocycles. The molecule has 0 N–H and O–H groups in total. The van der Waals surface area contributed by atoms with Gasteiger partial charge in [-0.1, -0.05) is 137 Å². The molecule has 55 heavy (non-hydrogen) atoms. The number of allylic oxidation sites excluding steroid dienone is 14. The maximum atomic E-state index is 12.6. The van der Waals surface area contributed by atoms with Gasteiger partial charge in [0.25, 0.3) is 7.82 Å². The highest BCUT2D eigenvalue weighted by Gasteiger charge is 2.20. The van der Waals surface area contributed by atoms with Crippen LogP contribution in [0, 0.1) is 0 Å². The second kappa shape index (κ2) is 38.5. The largest absolute Gasteiger partial charge is 0.756 e. The number of phosphoric acid groups is 1. The lowest BCUT2D eigenvalue weighted by atomic mass is 10.1. The van der Waals surface area contributed by atoms with Crippen molar-refractivity contribution in [3.63, 3.8) is 0 Å². The molecular formula is C46H80NO7P. The Labute approximate surface area is 337 Å². The van der Waals surface area contributed by atoms with Gasteiger partial charge in [-0.15, -0.1) is 0 Å². The molecule has 0 aromatic carbocycles. The zero-order valence-electron chi connectivity index (χ0n) is 35.6. The fraction of sp³-hybridized carbons (Fsp3) is 0.674. The van der Waals surface area contributed by atoms with Crippen LogP contribution in [-0.2, 0) is 27.9 Å². The third kappa shape index (κ3) is 42.7. The van der Waals surface area contributed by atoms with Gasteiger partial charge in [0.05, 0.1) is 34.4 Å². The Morgan fingerprint density at radius 3 is 1.60 bits per heavy atom. The maximum absolute atomic E-state index is 12.6. The van der Waals surface area contributed by atoms with E-state index >= 15 is 0 Å². The predicted octanol–water partition coefficient (Wildman–Crippen LogP) is 11.9. The molecule has 0 heterocycles. The quantitative estimate of drug-likeness (QED) is 0.0202.